The standard InChI is InChI=1S/C21H24F2N2O2/c1-14(2)24-21(27)15(3)25(13-17-6-10-19(23)11-7-17)20(26)12-16-4-8-18(22)9-5-16/h4-11,14-15H,12-13H2,1-3H3,(H,24,27). The third-order valence-electron chi connectivity index (χ3n) is 4.13. The number of nitrogens with zero attached hydrogens (tertiary/aromatic N) is 1. The average Bonchev–Trinajstić information content (AvgIpc) is 2.62. The van der Waals surface area contributed by atoms with Gasteiger partial charge < -0.3 is 10.2 Å². The highest BCUT2D eigenvalue weighted by Crippen LogP contribution is 2.14. The predicted octanol–water partition coefficient (Wildman–Crippen LogP) is 3.45. The SMILES string of the molecule is CC(C)NC(=O)C(C)N(Cc1ccc(F)cc1)C(=O)Cc1ccc(F)cc1. The lowest BCUT2D eigenvalue weighted by Crippen LogP contribution is -2.49. The minimum atomic E-state index is -0.703. The Morgan fingerprint density at radius 2 is 1.37 bits per heavy atom. The molecule has 27 heavy (non-hydrogen) atoms. The smallest absolute Gasteiger partial charge is 0.242 e. The fourth-order valence-electron chi connectivity index (χ4n) is 2.65. The van der Waals surface area contributed by atoms with E-state index in [-0.39, 0.29) is 42.5 Å². The van der Waals surface area contributed by atoms with Gasteiger partial charge in [0.2, 0.25) is 11.8 Å². The number of carbonyl (C=O) groups excluding carboxylic acids is 2. The summed E-state index contributed by atoms with van der Waals surface area (Å²) < 4.78 is 26.2. The summed E-state index contributed by atoms with van der Waals surface area (Å²) in [5, 5.41) is 2.80. The Hall–Kier alpha value is -2.76. The van der Waals surface area contributed by atoms with E-state index in [2.05, 4.69) is 5.32 Å². The van der Waals surface area contributed by atoms with Crippen molar-refractivity contribution >= 4 is 11.8 Å². The van der Waals surface area contributed by atoms with Crippen molar-refractivity contribution in [2.75, 3.05) is 0 Å². The molecule has 0 spiro atoms. The van der Waals surface area contributed by atoms with E-state index in [1.807, 2.05) is 13.8 Å². The van der Waals surface area contributed by atoms with Crippen molar-refractivity contribution in [1.82, 2.24) is 10.2 Å². The zero-order valence-electron chi connectivity index (χ0n) is 15.7. The third-order valence-corrected chi connectivity index (χ3v) is 4.13. The van der Waals surface area contributed by atoms with Crippen molar-refractivity contribution in [1.29, 1.82) is 0 Å². The molecule has 0 radical (unpaired) electrons. The molecule has 144 valence electrons. The summed E-state index contributed by atoms with van der Waals surface area (Å²) in [4.78, 5) is 26.8. The molecule has 2 amide bonds. The lowest BCUT2D eigenvalue weighted by Gasteiger charge is -2.29. The Bertz CT molecular complexity index is 774. The summed E-state index contributed by atoms with van der Waals surface area (Å²) in [6.45, 7) is 5.52. The van der Waals surface area contributed by atoms with Gasteiger partial charge in [-0.2, -0.15) is 0 Å². The van der Waals surface area contributed by atoms with E-state index in [4.69, 9.17) is 0 Å². The molecule has 0 saturated carbocycles. The lowest BCUT2D eigenvalue weighted by atomic mass is 10.1. The monoisotopic (exact) mass is 374 g/mol. The first-order valence-electron chi connectivity index (χ1n) is 8.85. The molecular weight excluding hydrogens is 350 g/mol. The fraction of sp³-hybridized carbons (Fsp3) is 0.333. The number of amides is 2. The van der Waals surface area contributed by atoms with E-state index >= 15 is 0 Å². The van der Waals surface area contributed by atoms with Gasteiger partial charge in [-0.05, 0) is 56.2 Å². The van der Waals surface area contributed by atoms with Gasteiger partial charge in [-0.3, -0.25) is 9.59 Å². The van der Waals surface area contributed by atoms with Gasteiger partial charge in [-0.15, -0.1) is 0 Å². The quantitative estimate of drug-likeness (QED) is 0.807. The van der Waals surface area contributed by atoms with Gasteiger partial charge in [-0.25, -0.2) is 8.78 Å². The molecule has 0 aliphatic carbocycles. The minimum absolute atomic E-state index is 0.0424. The minimum Gasteiger partial charge on any atom is -0.352 e. The van der Waals surface area contributed by atoms with E-state index in [1.54, 1.807) is 31.2 Å². The summed E-state index contributed by atoms with van der Waals surface area (Å²) in [6.07, 6.45) is 0.0424. The number of hydrogen-bond donors (Lipinski definition) is 1. The number of nitrogens with one attached hydrogen (secondary N) is 1. The molecular formula is C21H24F2N2O2. The number of halogens is 2. The maximum atomic E-state index is 13.2. The van der Waals surface area contributed by atoms with Crippen molar-refractivity contribution in [2.45, 2.75) is 45.8 Å². The molecule has 6 heteroatoms. The first-order valence-corrected chi connectivity index (χ1v) is 8.85. The topological polar surface area (TPSA) is 49.4 Å². The molecule has 0 aliphatic rings. The number of rotatable bonds is 7. The first-order chi connectivity index (χ1) is 12.8. The van der Waals surface area contributed by atoms with Gasteiger partial charge in [0.1, 0.15) is 17.7 Å². The lowest BCUT2D eigenvalue weighted by molar-refractivity contribution is -0.140. The van der Waals surface area contributed by atoms with Crippen LogP contribution in [0.5, 0.6) is 0 Å². The van der Waals surface area contributed by atoms with Gasteiger partial charge in [0, 0.05) is 12.6 Å². The van der Waals surface area contributed by atoms with Crippen LogP contribution in [0, 0.1) is 11.6 Å². The largest absolute Gasteiger partial charge is 0.352 e. The highest BCUT2D eigenvalue weighted by Gasteiger charge is 2.26. The second-order valence-corrected chi connectivity index (χ2v) is 6.79. The highest BCUT2D eigenvalue weighted by atomic mass is 19.1. The second kappa shape index (κ2) is 9.26. The molecule has 1 atom stereocenters. The van der Waals surface area contributed by atoms with Crippen molar-refractivity contribution in [3.05, 3.63) is 71.3 Å². The maximum absolute atomic E-state index is 13.2. The van der Waals surface area contributed by atoms with Crippen LogP contribution >= 0.6 is 0 Å². The molecule has 0 saturated heterocycles. The summed E-state index contributed by atoms with van der Waals surface area (Å²) in [5.74, 6) is -1.27. The van der Waals surface area contributed by atoms with Crippen LogP contribution in [0.4, 0.5) is 8.78 Å². The molecule has 0 fully saturated rings. The third kappa shape index (κ3) is 6.16. The van der Waals surface area contributed by atoms with Crippen LogP contribution in [-0.4, -0.2) is 28.8 Å². The molecule has 2 aromatic rings. The van der Waals surface area contributed by atoms with Gasteiger partial charge in [0.15, 0.2) is 0 Å². The average molecular weight is 374 g/mol. The van der Waals surface area contributed by atoms with Gasteiger partial charge in [0.25, 0.3) is 0 Å². The molecule has 0 bridgehead atoms. The Kier molecular flexibility index (Phi) is 7.05. The zero-order chi connectivity index (χ0) is 20.0. The normalized spacial score (nSPS) is 11.9. The van der Waals surface area contributed by atoms with Crippen molar-refractivity contribution in [3.8, 4) is 0 Å². The molecule has 0 aliphatic heterocycles. The Morgan fingerprint density at radius 1 is 0.889 bits per heavy atom. The molecule has 1 N–H and O–H groups in total. The number of hydrogen-bond acceptors (Lipinski definition) is 2. The first kappa shape index (κ1) is 20.6. The second-order valence-electron chi connectivity index (χ2n) is 6.79. The molecule has 2 rings (SSSR count). The predicted molar refractivity (Wildman–Crippen MR) is 99.8 cm³/mol. The zero-order valence-corrected chi connectivity index (χ0v) is 15.7. The van der Waals surface area contributed by atoms with E-state index in [1.165, 1.54) is 29.2 Å². The van der Waals surface area contributed by atoms with Gasteiger partial charge >= 0.3 is 0 Å². The van der Waals surface area contributed by atoms with E-state index in [0.717, 1.165) is 0 Å². The Balaban J connectivity index is 2.21. The van der Waals surface area contributed by atoms with Crippen molar-refractivity contribution < 1.29 is 18.4 Å². The Morgan fingerprint density at radius 3 is 1.85 bits per heavy atom. The van der Waals surface area contributed by atoms with Crippen LogP contribution in [0.3, 0.4) is 0 Å². The molecule has 0 heterocycles. The van der Waals surface area contributed by atoms with Crippen LogP contribution in [0.25, 0.3) is 0 Å². The summed E-state index contributed by atoms with van der Waals surface area (Å²) in [7, 11) is 0. The fourth-order valence-corrected chi connectivity index (χ4v) is 2.65. The van der Waals surface area contributed by atoms with E-state index in [0.29, 0.717) is 11.1 Å². The molecule has 1 unspecified atom stereocenters. The number of carbonyl (C=O) groups is 2. The van der Waals surface area contributed by atoms with E-state index in [9.17, 15) is 18.4 Å². The summed E-state index contributed by atoms with van der Waals surface area (Å²) in [6, 6.07) is 10.7. The van der Waals surface area contributed by atoms with Crippen molar-refractivity contribution in [2.24, 2.45) is 0 Å². The molecule has 4 nitrogen and oxygen atoms in total. The van der Waals surface area contributed by atoms with Crippen LogP contribution in [0.1, 0.15) is 31.9 Å². The van der Waals surface area contributed by atoms with Gasteiger partial charge in [0.05, 0.1) is 6.42 Å². The Labute approximate surface area is 158 Å². The highest BCUT2D eigenvalue weighted by molar-refractivity contribution is 5.88. The van der Waals surface area contributed by atoms with E-state index < -0.39 is 6.04 Å². The molecule has 2 aromatic carbocycles. The van der Waals surface area contributed by atoms with Crippen LogP contribution < -0.4 is 5.32 Å². The summed E-state index contributed by atoms with van der Waals surface area (Å²) in [5.41, 5.74) is 1.37. The van der Waals surface area contributed by atoms with Crippen LogP contribution in [-0.2, 0) is 22.6 Å². The van der Waals surface area contributed by atoms with Crippen LogP contribution in [0.15, 0.2) is 48.5 Å². The summed E-state index contributed by atoms with van der Waals surface area (Å²) >= 11 is 0. The van der Waals surface area contributed by atoms with Crippen molar-refractivity contribution in [3.63, 3.8) is 0 Å². The van der Waals surface area contributed by atoms with Gasteiger partial charge in [-0.1, -0.05) is 24.3 Å². The molecule has 0 aromatic heterocycles. The number of benzene rings is 2. The maximum Gasteiger partial charge on any atom is 0.242 e. The van der Waals surface area contributed by atoms with Crippen LogP contribution in [0.2, 0.25) is 0 Å².